The van der Waals surface area contributed by atoms with Gasteiger partial charge in [0.1, 0.15) is 5.82 Å². The molecule has 1 fully saturated rings. The number of likely N-dealkylation sites (N-methyl/N-ethyl adjacent to an activating group) is 1. The summed E-state index contributed by atoms with van der Waals surface area (Å²) < 4.78 is 14.8. The molecule has 0 bridgehead atoms. The van der Waals surface area contributed by atoms with E-state index in [2.05, 4.69) is 35.1 Å². The van der Waals surface area contributed by atoms with Crippen LogP contribution in [0.15, 0.2) is 22.7 Å². The molecule has 1 aromatic rings. The van der Waals surface area contributed by atoms with Crippen molar-refractivity contribution in [3.8, 4) is 0 Å². The van der Waals surface area contributed by atoms with E-state index in [-0.39, 0.29) is 5.82 Å². The van der Waals surface area contributed by atoms with Crippen LogP contribution in [0.3, 0.4) is 0 Å². The Hall–Kier alpha value is -0.410. The summed E-state index contributed by atoms with van der Waals surface area (Å²) in [5.74, 6) is 2.25. The van der Waals surface area contributed by atoms with Crippen molar-refractivity contribution in [3.05, 3.63) is 34.1 Å². The number of hydrogen-bond donors (Lipinski definition) is 1. The van der Waals surface area contributed by atoms with E-state index in [1.807, 2.05) is 19.2 Å². The molecule has 1 aliphatic rings. The fourth-order valence-corrected chi connectivity index (χ4v) is 3.98. The van der Waals surface area contributed by atoms with Gasteiger partial charge < -0.3 is 5.32 Å². The Balaban J connectivity index is 1.97. The lowest BCUT2D eigenvalue weighted by Crippen LogP contribution is -2.38. The van der Waals surface area contributed by atoms with Gasteiger partial charge in [-0.1, -0.05) is 35.8 Å². The average Bonchev–Trinajstić information content (AvgIpc) is 2.47. The van der Waals surface area contributed by atoms with Gasteiger partial charge in [0.2, 0.25) is 0 Å². The lowest BCUT2D eigenvalue weighted by Gasteiger charge is -2.35. The van der Waals surface area contributed by atoms with Crippen LogP contribution in [-0.4, -0.2) is 13.1 Å². The van der Waals surface area contributed by atoms with E-state index in [1.165, 1.54) is 25.7 Å². The van der Waals surface area contributed by atoms with Gasteiger partial charge in [-0.3, -0.25) is 0 Å². The van der Waals surface area contributed by atoms with Crippen LogP contribution in [0.5, 0.6) is 0 Å². The number of benzene rings is 1. The van der Waals surface area contributed by atoms with Crippen LogP contribution in [0, 0.1) is 23.6 Å². The van der Waals surface area contributed by atoms with Gasteiger partial charge in [-0.25, -0.2) is 4.39 Å². The lowest BCUT2D eigenvalue weighted by molar-refractivity contribution is 0.191. The van der Waals surface area contributed by atoms with Gasteiger partial charge in [0.15, 0.2) is 0 Å². The maximum atomic E-state index is 14.0. The molecule has 1 saturated carbocycles. The summed E-state index contributed by atoms with van der Waals surface area (Å²) in [5, 5.41) is 3.43. The minimum atomic E-state index is -0.0968. The third kappa shape index (κ3) is 4.53. The maximum Gasteiger partial charge on any atom is 0.127 e. The van der Waals surface area contributed by atoms with Crippen molar-refractivity contribution in [2.24, 2.45) is 17.8 Å². The maximum absolute atomic E-state index is 14.0. The molecule has 0 aliphatic heterocycles. The summed E-state index contributed by atoms with van der Waals surface area (Å²) in [5.41, 5.74) is 0.823. The van der Waals surface area contributed by atoms with Crippen LogP contribution in [0.4, 0.5) is 4.39 Å². The summed E-state index contributed by atoms with van der Waals surface area (Å²) in [6.07, 6.45) is 5.97. The zero-order valence-electron chi connectivity index (χ0n) is 13.3. The van der Waals surface area contributed by atoms with E-state index in [4.69, 9.17) is 0 Å². The minimum absolute atomic E-state index is 0.0968. The lowest BCUT2D eigenvalue weighted by atomic mass is 9.73. The first-order valence-electron chi connectivity index (χ1n) is 8.12. The highest BCUT2D eigenvalue weighted by molar-refractivity contribution is 9.10. The number of rotatable bonds is 5. The third-order valence-corrected chi connectivity index (χ3v) is 5.65. The van der Waals surface area contributed by atoms with E-state index >= 15 is 0 Å². The summed E-state index contributed by atoms with van der Waals surface area (Å²) in [6, 6.07) is 5.79. The molecule has 0 radical (unpaired) electrons. The SMILES string of the molecule is CNC(Cc1ccc(Br)cc1F)C1CCC(C(C)C)CC1. The van der Waals surface area contributed by atoms with Crippen molar-refractivity contribution in [3.63, 3.8) is 0 Å². The summed E-state index contributed by atoms with van der Waals surface area (Å²) >= 11 is 3.32. The molecule has 0 saturated heterocycles. The molecule has 0 spiro atoms. The first-order chi connectivity index (χ1) is 10.0. The molecular weight excluding hydrogens is 329 g/mol. The van der Waals surface area contributed by atoms with Crippen LogP contribution < -0.4 is 5.32 Å². The van der Waals surface area contributed by atoms with Crippen LogP contribution >= 0.6 is 15.9 Å². The summed E-state index contributed by atoms with van der Waals surface area (Å²) in [6.45, 7) is 4.66. The van der Waals surface area contributed by atoms with Crippen LogP contribution in [0.2, 0.25) is 0 Å². The highest BCUT2D eigenvalue weighted by Gasteiger charge is 2.28. The normalized spacial score (nSPS) is 24.3. The second-order valence-electron chi connectivity index (χ2n) is 6.75. The van der Waals surface area contributed by atoms with E-state index in [0.29, 0.717) is 12.0 Å². The summed E-state index contributed by atoms with van der Waals surface area (Å²) in [7, 11) is 2.01. The molecule has 2 rings (SSSR count). The van der Waals surface area contributed by atoms with E-state index in [0.717, 1.165) is 28.3 Å². The Bertz CT molecular complexity index is 453. The molecule has 0 heterocycles. The molecule has 118 valence electrons. The van der Waals surface area contributed by atoms with Crippen molar-refractivity contribution in [2.45, 2.75) is 52.0 Å². The zero-order valence-corrected chi connectivity index (χ0v) is 14.9. The van der Waals surface area contributed by atoms with Gasteiger partial charge in [0, 0.05) is 10.5 Å². The molecule has 21 heavy (non-hydrogen) atoms. The topological polar surface area (TPSA) is 12.0 Å². The Kier molecular flexibility index (Phi) is 6.24. The molecule has 0 aromatic heterocycles. The van der Waals surface area contributed by atoms with Crippen molar-refractivity contribution in [1.29, 1.82) is 0 Å². The average molecular weight is 356 g/mol. The molecule has 1 aliphatic carbocycles. The molecular formula is C18H27BrFN. The second kappa shape index (κ2) is 7.73. The largest absolute Gasteiger partial charge is 0.316 e. The van der Waals surface area contributed by atoms with Gasteiger partial charge in [-0.15, -0.1) is 0 Å². The number of nitrogens with one attached hydrogen (secondary N) is 1. The third-order valence-electron chi connectivity index (χ3n) is 5.15. The molecule has 1 nitrogen and oxygen atoms in total. The van der Waals surface area contributed by atoms with E-state index in [1.54, 1.807) is 6.07 Å². The monoisotopic (exact) mass is 355 g/mol. The van der Waals surface area contributed by atoms with Crippen molar-refractivity contribution in [2.75, 3.05) is 7.05 Å². The molecule has 0 amide bonds. The fraction of sp³-hybridized carbons (Fsp3) is 0.667. The molecule has 1 unspecified atom stereocenters. The van der Waals surface area contributed by atoms with Crippen molar-refractivity contribution >= 4 is 15.9 Å². The predicted octanol–water partition coefficient (Wildman–Crippen LogP) is 5.18. The zero-order chi connectivity index (χ0) is 15.4. The number of hydrogen-bond acceptors (Lipinski definition) is 1. The standard InChI is InChI=1S/C18H27BrFN/c1-12(2)13-4-6-14(7-5-13)18(21-3)10-15-8-9-16(19)11-17(15)20/h8-9,11-14,18,21H,4-7,10H2,1-3H3. The van der Waals surface area contributed by atoms with Gasteiger partial charge in [-0.2, -0.15) is 0 Å². The Morgan fingerprint density at radius 1 is 1.19 bits per heavy atom. The van der Waals surface area contributed by atoms with Gasteiger partial charge in [-0.05, 0) is 74.6 Å². The Labute approximate surface area is 136 Å². The molecule has 3 heteroatoms. The molecule has 1 N–H and O–H groups in total. The first-order valence-corrected chi connectivity index (χ1v) is 8.91. The predicted molar refractivity (Wildman–Crippen MR) is 90.9 cm³/mol. The van der Waals surface area contributed by atoms with Crippen LogP contribution in [0.1, 0.15) is 45.1 Å². The highest BCUT2D eigenvalue weighted by atomic mass is 79.9. The van der Waals surface area contributed by atoms with Crippen molar-refractivity contribution < 1.29 is 4.39 Å². The first kappa shape index (κ1) is 17.0. The quantitative estimate of drug-likeness (QED) is 0.766. The fourth-order valence-electron chi connectivity index (χ4n) is 3.64. The van der Waals surface area contributed by atoms with E-state index < -0.39 is 0 Å². The van der Waals surface area contributed by atoms with Gasteiger partial charge in [0.25, 0.3) is 0 Å². The summed E-state index contributed by atoms with van der Waals surface area (Å²) in [4.78, 5) is 0. The Morgan fingerprint density at radius 2 is 1.81 bits per heavy atom. The highest BCUT2D eigenvalue weighted by Crippen LogP contribution is 2.35. The minimum Gasteiger partial charge on any atom is -0.316 e. The second-order valence-corrected chi connectivity index (χ2v) is 7.67. The van der Waals surface area contributed by atoms with Gasteiger partial charge >= 0.3 is 0 Å². The van der Waals surface area contributed by atoms with Crippen molar-refractivity contribution in [1.82, 2.24) is 5.32 Å². The van der Waals surface area contributed by atoms with Gasteiger partial charge in [0.05, 0.1) is 0 Å². The van der Waals surface area contributed by atoms with Crippen LogP contribution in [0.25, 0.3) is 0 Å². The van der Waals surface area contributed by atoms with E-state index in [9.17, 15) is 4.39 Å². The molecule has 1 atom stereocenters. The van der Waals surface area contributed by atoms with Crippen LogP contribution in [-0.2, 0) is 6.42 Å². The Morgan fingerprint density at radius 3 is 2.33 bits per heavy atom. The number of halogens is 2. The molecule has 1 aromatic carbocycles. The smallest absolute Gasteiger partial charge is 0.127 e.